The normalized spacial score (nSPS) is 11.0. The lowest BCUT2D eigenvalue weighted by Gasteiger charge is -2.07. The van der Waals surface area contributed by atoms with E-state index < -0.39 is 0 Å². The number of aromatic nitrogens is 1. The van der Waals surface area contributed by atoms with Gasteiger partial charge in [0.25, 0.3) is 5.91 Å². The van der Waals surface area contributed by atoms with Gasteiger partial charge in [-0.15, -0.1) is 0 Å². The van der Waals surface area contributed by atoms with Crippen LogP contribution >= 0.6 is 0 Å². The van der Waals surface area contributed by atoms with Crippen LogP contribution in [0, 0.1) is 20.8 Å². The molecule has 1 heterocycles. The number of hydrazone groups is 1. The lowest BCUT2D eigenvalue weighted by atomic mass is 10.1. The predicted octanol–water partition coefficient (Wildman–Crippen LogP) is 3.21. The van der Waals surface area contributed by atoms with Gasteiger partial charge in [0, 0.05) is 23.5 Å². The molecule has 23 heavy (non-hydrogen) atoms. The van der Waals surface area contributed by atoms with Crippen LogP contribution in [0.15, 0.2) is 29.4 Å². The van der Waals surface area contributed by atoms with Crippen LogP contribution in [0.1, 0.15) is 39.8 Å². The summed E-state index contributed by atoms with van der Waals surface area (Å²) in [6.07, 6.45) is 1.67. The molecule has 1 aromatic heterocycles. The minimum absolute atomic E-state index is 0.289. The average molecular weight is 313 g/mol. The van der Waals surface area contributed by atoms with Crippen molar-refractivity contribution in [3.63, 3.8) is 0 Å². The van der Waals surface area contributed by atoms with E-state index in [1.165, 1.54) is 5.69 Å². The molecule has 122 valence electrons. The van der Waals surface area contributed by atoms with Gasteiger partial charge in [-0.05, 0) is 51.5 Å². The number of carbonyl (C=O) groups excluding carboxylic acids is 1. The molecule has 0 saturated carbocycles. The second-order valence-electron chi connectivity index (χ2n) is 5.47. The average Bonchev–Trinajstić information content (AvgIpc) is 2.80. The van der Waals surface area contributed by atoms with E-state index >= 15 is 0 Å². The fourth-order valence-electron chi connectivity index (χ4n) is 2.65. The molecule has 0 aliphatic rings. The second kappa shape index (κ2) is 7.13. The number of rotatable bonds is 5. The van der Waals surface area contributed by atoms with Gasteiger partial charge in [-0.3, -0.25) is 4.79 Å². The standard InChI is InChI=1S/C18H23N3O2/c1-6-21-13(3)10-15(14(21)4)11-19-20-18(22)16-8-7-12(2)9-17(16)23-5/h7-11H,6H2,1-5H3,(H,20,22)/b19-11-. The van der Waals surface area contributed by atoms with E-state index in [1.807, 2.05) is 26.0 Å². The van der Waals surface area contributed by atoms with E-state index in [4.69, 9.17) is 4.74 Å². The highest BCUT2D eigenvalue weighted by Gasteiger charge is 2.11. The monoisotopic (exact) mass is 313 g/mol. The van der Waals surface area contributed by atoms with Crippen molar-refractivity contribution in [3.8, 4) is 5.75 Å². The molecule has 0 fully saturated rings. The molecule has 1 N–H and O–H groups in total. The van der Waals surface area contributed by atoms with Gasteiger partial charge in [0.15, 0.2) is 0 Å². The van der Waals surface area contributed by atoms with Crippen LogP contribution in [0.2, 0.25) is 0 Å². The molecule has 5 heteroatoms. The first-order valence-electron chi connectivity index (χ1n) is 7.62. The van der Waals surface area contributed by atoms with Gasteiger partial charge in [0.2, 0.25) is 0 Å². The summed E-state index contributed by atoms with van der Waals surface area (Å²) in [5, 5.41) is 4.07. The lowest BCUT2D eigenvalue weighted by molar-refractivity contribution is 0.0952. The number of aryl methyl sites for hydroxylation is 2. The zero-order valence-electron chi connectivity index (χ0n) is 14.3. The number of ether oxygens (including phenoxy) is 1. The third-order valence-corrected chi connectivity index (χ3v) is 3.90. The predicted molar refractivity (Wildman–Crippen MR) is 92.4 cm³/mol. The van der Waals surface area contributed by atoms with E-state index in [0.29, 0.717) is 11.3 Å². The maximum Gasteiger partial charge on any atom is 0.275 e. The Balaban J connectivity index is 2.13. The summed E-state index contributed by atoms with van der Waals surface area (Å²) in [7, 11) is 1.55. The molecule has 1 aromatic carbocycles. The van der Waals surface area contributed by atoms with E-state index in [-0.39, 0.29) is 5.91 Å². The van der Waals surface area contributed by atoms with Crippen molar-refractivity contribution in [3.05, 3.63) is 52.3 Å². The number of nitrogens with one attached hydrogen (secondary N) is 1. The first-order chi connectivity index (χ1) is 11.0. The van der Waals surface area contributed by atoms with Crippen LogP contribution in [-0.2, 0) is 6.54 Å². The smallest absolute Gasteiger partial charge is 0.275 e. The summed E-state index contributed by atoms with van der Waals surface area (Å²) in [6, 6.07) is 7.49. The molecule has 1 amide bonds. The summed E-state index contributed by atoms with van der Waals surface area (Å²) in [5.74, 6) is 0.254. The molecule has 0 saturated heterocycles. The van der Waals surface area contributed by atoms with Crippen molar-refractivity contribution in [2.24, 2.45) is 5.10 Å². The maximum absolute atomic E-state index is 12.2. The zero-order valence-corrected chi connectivity index (χ0v) is 14.3. The number of carbonyl (C=O) groups is 1. The number of amides is 1. The van der Waals surface area contributed by atoms with Gasteiger partial charge in [-0.1, -0.05) is 6.07 Å². The van der Waals surface area contributed by atoms with Crippen molar-refractivity contribution >= 4 is 12.1 Å². The Labute approximate surface area is 137 Å². The van der Waals surface area contributed by atoms with Gasteiger partial charge >= 0.3 is 0 Å². The SMILES string of the molecule is CCn1c(C)cc(/C=N\NC(=O)c2ccc(C)cc2OC)c1C. The van der Waals surface area contributed by atoms with Gasteiger partial charge < -0.3 is 9.30 Å². The van der Waals surface area contributed by atoms with Gasteiger partial charge in [-0.2, -0.15) is 5.10 Å². The van der Waals surface area contributed by atoms with Crippen LogP contribution in [0.5, 0.6) is 5.75 Å². The molecule has 0 unspecified atom stereocenters. The third-order valence-electron chi connectivity index (χ3n) is 3.90. The molecule has 2 aromatic rings. The molecule has 0 spiro atoms. The Bertz CT molecular complexity index is 745. The van der Waals surface area contributed by atoms with E-state index in [2.05, 4.69) is 35.0 Å². The first-order valence-corrected chi connectivity index (χ1v) is 7.62. The fourth-order valence-corrected chi connectivity index (χ4v) is 2.65. The molecular weight excluding hydrogens is 290 g/mol. The molecular formula is C18H23N3O2. The first kappa shape index (κ1) is 16.8. The molecule has 0 atom stereocenters. The van der Waals surface area contributed by atoms with Crippen molar-refractivity contribution in [1.82, 2.24) is 9.99 Å². The van der Waals surface area contributed by atoms with Gasteiger partial charge in [0.05, 0.1) is 18.9 Å². The van der Waals surface area contributed by atoms with E-state index in [9.17, 15) is 4.79 Å². The Morgan fingerprint density at radius 2 is 2.04 bits per heavy atom. The van der Waals surface area contributed by atoms with Crippen molar-refractivity contribution in [2.45, 2.75) is 34.2 Å². The van der Waals surface area contributed by atoms with Crippen LogP contribution in [0.4, 0.5) is 0 Å². The number of benzene rings is 1. The summed E-state index contributed by atoms with van der Waals surface area (Å²) in [6.45, 7) is 9.07. The maximum atomic E-state index is 12.2. The Kier molecular flexibility index (Phi) is 5.21. The number of hydrogen-bond acceptors (Lipinski definition) is 3. The molecule has 5 nitrogen and oxygen atoms in total. The van der Waals surface area contributed by atoms with E-state index in [1.54, 1.807) is 19.4 Å². The molecule has 0 aliphatic heterocycles. The molecule has 0 radical (unpaired) electrons. The van der Waals surface area contributed by atoms with Gasteiger partial charge in [-0.25, -0.2) is 5.43 Å². The Morgan fingerprint density at radius 1 is 1.30 bits per heavy atom. The second-order valence-corrected chi connectivity index (χ2v) is 5.47. The van der Waals surface area contributed by atoms with Crippen molar-refractivity contribution < 1.29 is 9.53 Å². The highest BCUT2D eigenvalue weighted by molar-refractivity contribution is 5.97. The topological polar surface area (TPSA) is 55.6 Å². The molecule has 0 bridgehead atoms. The Morgan fingerprint density at radius 3 is 2.65 bits per heavy atom. The molecule has 0 aliphatic carbocycles. The van der Waals surface area contributed by atoms with Crippen molar-refractivity contribution in [2.75, 3.05) is 7.11 Å². The lowest BCUT2D eigenvalue weighted by Crippen LogP contribution is -2.18. The number of nitrogens with zero attached hydrogens (tertiary/aromatic N) is 2. The summed E-state index contributed by atoms with van der Waals surface area (Å²) in [5.41, 5.74) is 7.37. The van der Waals surface area contributed by atoms with Crippen molar-refractivity contribution in [1.29, 1.82) is 0 Å². The summed E-state index contributed by atoms with van der Waals surface area (Å²) in [4.78, 5) is 12.2. The number of hydrogen-bond donors (Lipinski definition) is 1. The number of methoxy groups -OCH3 is 1. The summed E-state index contributed by atoms with van der Waals surface area (Å²) >= 11 is 0. The zero-order chi connectivity index (χ0) is 17.0. The van der Waals surface area contributed by atoms with Crippen LogP contribution in [0.25, 0.3) is 0 Å². The molecule has 2 rings (SSSR count). The van der Waals surface area contributed by atoms with Crippen LogP contribution in [0.3, 0.4) is 0 Å². The minimum Gasteiger partial charge on any atom is -0.496 e. The third kappa shape index (κ3) is 3.62. The highest BCUT2D eigenvalue weighted by atomic mass is 16.5. The van der Waals surface area contributed by atoms with Gasteiger partial charge in [0.1, 0.15) is 5.75 Å². The largest absolute Gasteiger partial charge is 0.496 e. The van der Waals surface area contributed by atoms with E-state index in [0.717, 1.165) is 23.4 Å². The minimum atomic E-state index is -0.289. The van der Waals surface area contributed by atoms with Crippen LogP contribution in [-0.4, -0.2) is 23.8 Å². The van der Waals surface area contributed by atoms with Crippen LogP contribution < -0.4 is 10.2 Å². The Hall–Kier alpha value is -2.56. The quantitative estimate of drug-likeness (QED) is 0.681. The summed E-state index contributed by atoms with van der Waals surface area (Å²) < 4.78 is 7.45. The fraction of sp³-hybridized carbons (Fsp3) is 0.333. The highest BCUT2D eigenvalue weighted by Crippen LogP contribution is 2.19.